The molecule has 1 atom stereocenters. The minimum absolute atomic E-state index is 0.0246. The molecule has 1 aromatic carbocycles. The Morgan fingerprint density at radius 2 is 2.21 bits per heavy atom. The van der Waals surface area contributed by atoms with E-state index in [1.54, 1.807) is 5.51 Å². The maximum absolute atomic E-state index is 12.5. The largest absolute Gasteiger partial charge is 0.328 e. The number of hydrogen-bond acceptors (Lipinski definition) is 4. The molecule has 3 rings (SSSR count). The van der Waals surface area contributed by atoms with Crippen LogP contribution in [0, 0.1) is 0 Å². The highest BCUT2D eigenvalue weighted by atomic mass is 32.1. The third kappa shape index (κ3) is 2.52. The van der Waals surface area contributed by atoms with Gasteiger partial charge in [0.05, 0.1) is 11.6 Å². The number of amides is 1. The first-order valence-corrected chi connectivity index (χ1v) is 7.25. The Morgan fingerprint density at radius 1 is 1.37 bits per heavy atom. The van der Waals surface area contributed by atoms with Crippen LogP contribution in [-0.4, -0.2) is 35.4 Å². The van der Waals surface area contributed by atoms with Gasteiger partial charge in [0.1, 0.15) is 5.69 Å². The summed E-state index contributed by atoms with van der Waals surface area (Å²) in [4.78, 5) is 18.5. The smallest absolute Gasteiger partial charge is 0.273 e. The maximum Gasteiger partial charge on any atom is 0.273 e. The normalized spacial score (nSPS) is 19.4. The predicted molar refractivity (Wildman–Crippen MR) is 75.2 cm³/mol. The molecule has 2 aromatic rings. The molecule has 1 aromatic heterocycles. The summed E-state index contributed by atoms with van der Waals surface area (Å²) in [5.74, 6) is 0.0246. The summed E-state index contributed by atoms with van der Waals surface area (Å²) in [7, 11) is 0. The van der Waals surface area contributed by atoms with E-state index in [1.807, 2.05) is 28.5 Å². The van der Waals surface area contributed by atoms with Gasteiger partial charge in [-0.3, -0.25) is 4.79 Å². The van der Waals surface area contributed by atoms with E-state index in [4.69, 9.17) is 0 Å². The van der Waals surface area contributed by atoms with Crippen LogP contribution in [0.3, 0.4) is 0 Å². The van der Waals surface area contributed by atoms with Gasteiger partial charge in [0.25, 0.3) is 5.91 Å². The van der Waals surface area contributed by atoms with Crippen LogP contribution in [0.25, 0.3) is 0 Å². The lowest BCUT2D eigenvalue weighted by atomic mass is 10.0. The molecule has 1 amide bonds. The van der Waals surface area contributed by atoms with Gasteiger partial charge >= 0.3 is 0 Å². The molecule has 0 spiro atoms. The quantitative estimate of drug-likeness (QED) is 0.909. The van der Waals surface area contributed by atoms with Crippen molar-refractivity contribution < 1.29 is 4.79 Å². The Morgan fingerprint density at radius 3 is 2.95 bits per heavy atom. The van der Waals surface area contributed by atoms with Crippen LogP contribution in [0.4, 0.5) is 0 Å². The Bertz CT molecular complexity index is 541. The van der Waals surface area contributed by atoms with Crippen molar-refractivity contribution in [3.8, 4) is 0 Å². The number of aromatic nitrogens is 1. The van der Waals surface area contributed by atoms with Crippen molar-refractivity contribution in [3.05, 3.63) is 52.5 Å². The number of nitrogens with zero attached hydrogens (tertiary/aromatic N) is 2. The van der Waals surface area contributed by atoms with Gasteiger partial charge in [-0.2, -0.15) is 0 Å². The molecule has 5 heteroatoms. The number of rotatable bonds is 2. The van der Waals surface area contributed by atoms with Gasteiger partial charge in [-0.15, -0.1) is 11.3 Å². The van der Waals surface area contributed by atoms with Gasteiger partial charge in [-0.05, 0) is 5.56 Å². The minimum Gasteiger partial charge on any atom is -0.328 e. The molecule has 0 aliphatic carbocycles. The number of nitrogens with one attached hydrogen (secondary N) is 1. The lowest BCUT2D eigenvalue weighted by molar-refractivity contribution is 0.0629. The molecule has 98 valence electrons. The van der Waals surface area contributed by atoms with Crippen LogP contribution in [0.15, 0.2) is 41.2 Å². The summed E-state index contributed by atoms with van der Waals surface area (Å²) in [6.07, 6.45) is 0. The van der Waals surface area contributed by atoms with Gasteiger partial charge in [-0.25, -0.2) is 4.98 Å². The zero-order valence-corrected chi connectivity index (χ0v) is 11.3. The molecule has 1 fully saturated rings. The van der Waals surface area contributed by atoms with Crippen LogP contribution in [0.2, 0.25) is 0 Å². The zero-order valence-electron chi connectivity index (χ0n) is 10.5. The number of hydrogen-bond donors (Lipinski definition) is 1. The van der Waals surface area contributed by atoms with Crippen LogP contribution in [-0.2, 0) is 0 Å². The van der Waals surface area contributed by atoms with E-state index < -0.39 is 0 Å². The fraction of sp³-hybridized carbons (Fsp3) is 0.286. The van der Waals surface area contributed by atoms with E-state index in [-0.39, 0.29) is 11.9 Å². The van der Waals surface area contributed by atoms with Crippen molar-refractivity contribution >= 4 is 17.2 Å². The van der Waals surface area contributed by atoms with Crippen LogP contribution in [0.5, 0.6) is 0 Å². The molecule has 1 N–H and O–H groups in total. The SMILES string of the molecule is O=C(c1cscn1)N1CCNCC1c1ccccc1. The number of carbonyl (C=O) groups excluding carboxylic acids is 1. The van der Waals surface area contributed by atoms with Crippen LogP contribution >= 0.6 is 11.3 Å². The molecule has 2 heterocycles. The van der Waals surface area contributed by atoms with E-state index in [0.29, 0.717) is 5.69 Å². The van der Waals surface area contributed by atoms with Gasteiger partial charge in [-0.1, -0.05) is 30.3 Å². The molecular weight excluding hydrogens is 258 g/mol. The van der Waals surface area contributed by atoms with Crippen molar-refractivity contribution in [3.63, 3.8) is 0 Å². The first kappa shape index (κ1) is 12.3. The second-order valence-corrected chi connectivity index (χ2v) is 5.22. The van der Waals surface area contributed by atoms with E-state index in [9.17, 15) is 4.79 Å². The Kier molecular flexibility index (Phi) is 3.57. The number of piperazine rings is 1. The average Bonchev–Trinajstić information content (AvgIpc) is 3.02. The monoisotopic (exact) mass is 273 g/mol. The van der Waals surface area contributed by atoms with Crippen molar-refractivity contribution in [1.82, 2.24) is 15.2 Å². The van der Waals surface area contributed by atoms with Crippen LogP contribution in [0.1, 0.15) is 22.1 Å². The summed E-state index contributed by atoms with van der Waals surface area (Å²) in [5.41, 5.74) is 3.42. The molecule has 0 radical (unpaired) electrons. The second kappa shape index (κ2) is 5.50. The molecule has 1 aliphatic rings. The molecule has 1 saturated heterocycles. The predicted octanol–water partition coefficient (Wildman–Crippen LogP) is 1.93. The highest BCUT2D eigenvalue weighted by Gasteiger charge is 2.29. The molecule has 0 saturated carbocycles. The summed E-state index contributed by atoms with van der Waals surface area (Å²) >= 11 is 1.45. The van der Waals surface area contributed by atoms with Crippen LogP contribution < -0.4 is 5.32 Å². The van der Waals surface area contributed by atoms with Crippen molar-refractivity contribution in [2.45, 2.75) is 6.04 Å². The highest BCUT2D eigenvalue weighted by molar-refractivity contribution is 7.07. The van der Waals surface area contributed by atoms with Crippen molar-refractivity contribution in [1.29, 1.82) is 0 Å². The molecule has 1 unspecified atom stereocenters. The third-order valence-electron chi connectivity index (χ3n) is 3.34. The minimum atomic E-state index is 0.0246. The number of carbonyl (C=O) groups is 1. The van der Waals surface area contributed by atoms with E-state index in [0.717, 1.165) is 19.6 Å². The summed E-state index contributed by atoms with van der Waals surface area (Å²) in [5, 5.41) is 5.16. The fourth-order valence-electron chi connectivity index (χ4n) is 2.39. The lowest BCUT2D eigenvalue weighted by Crippen LogP contribution is -2.48. The second-order valence-electron chi connectivity index (χ2n) is 4.50. The zero-order chi connectivity index (χ0) is 13.1. The van der Waals surface area contributed by atoms with E-state index >= 15 is 0 Å². The third-order valence-corrected chi connectivity index (χ3v) is 3.93. The first-order chi connectivity index (χ1) is 9.36. The summed E-state index contributed by atoms with van der Waals surface area (Å²) < 4.78 is 0. The molecule has 0 bridgehead atoms. The Hall–Kier alpha value is -1.72. The van der Waals surface area contributed by atoms with Gasteiger partial charge in [0.15, 0.2) is 0 Å². The maximum atomic E-state index is 12.5. The van der Waals surface area contributed by atoms with Gasteiger partial charge in [0.2, 0.25) is 0 Å². The molecular formula is C14H15N3OS. The molecule has 4 nitrogen and oxygen atoms in total. The van der Waals surface area contributed by atoms with Gasteiger partial charge < -0.3 is 10.2 Å². The summed E-state index contributed by atoms with van der Waals surface area (Å²) in [6.45, 7) is 2.34. The topological polar surface area (TPSA) is 45.2 Å². The fourth-order valence-corrected chi connectivity index (χ4v) is 2.91. The average molecular weight is 273 g/mol. The first-order valence-electron chi connectivity index (χ1n) is 6.31. The Labute approximate surface area is 116 Å². The molecule has 1 aliphatic heterocycles. The molecule has 19 heavy (non-hydrogen) atoms. The van der Waals surface area contributed by atoms with Crippen molar-refractivity contribution in [2.24, 2.45) is 0 Å². The van der Waals surface area contributed by atoms with E-state index in [2.05, 4.69) is 22.4 Å². The highest BCUT2D eigenvalue weighted by Crippen LogP contribution is 2.23. The number of benzene rings is 1. The Balaban J connectivity index is 1.87. The number of thiazole rings is 1. The van der Waals surface area contributed by atoms with Gasteiger partial charge in [0, 0.05) is 25.0 Å². The van der Waals surface area contributed by atoms with Crippen molar-refractivity contribution in [2.75, 3.05) is 19.6 Å². The van der Waals surface area contributed by atoms with E-state index in [1.165, 1.54) is 16.9 Å². The lowest BCUT2D eigenvalue weighted by Gasteiger charge is -2.36. The summed E-state index contributed by atoms with van der Waals surface area (Å²) in [6, 6.07) is 10.2. The standard InChI is InChI=1S/C14H15N3OS/c18-14(12-9-19-10-16-12)17-7-6-15-8-13(17)11-4-2-1-3-5-11/h1-5,9-10,13,15H,6-8H2.